The highest BCUT2D eigenvalue weighted by Gasteiger charge is 2.22. The summed E-state index contributed by atoms with van der Waals surface area (Å²) in [6.07, 6.45) is 0.977. The third-order valence-electron chi connectivity index (χ3n) is 2.48. The molecule has 1 aromatic heterocycles. The molecular formula is C11H11N3O4S. The summed E-state index contributed by atoms with van der Waals surface area (Å²) in [4.78, 5) is 14.6. The predicted octanol–water partition coefficient (Wildman–Crippen LogP) is 0.277. The summed E-state index contributed by atoms with van der Waals surface area (Å²) in [7, 11) is -4.08. The third kappa shape index (κ3) is 2.80. The molecule has 8 heteroatoms. The Hall–Kier alpha value is -2.19. The van der Waals surface area contributed by atoms with Gasteiger partial charge in [-0.3, -0.25) is 0 Å². The van der Waals surface area contributed by atoms with Crippen LogP contribution in [0.4, 0.5) is 0 Å². The van der Waals surface area contributed by atoms with Crippen molar-refractivity contribution in [3.63, 3.8) is 0 Å². The lowest BCUT2D eigenvalue weighted by Gasteiger charge is -2.08. The molecule has 0 fully saturated rings. The van der Waals surface area contributed by atoms with Gasteiger partial charge >= 0.3 is 5.97 Å². The van der Waals surface area contributed by atoms with E-state index in [0.717, 1.165) is 16.3 Å². The Labute approximate surface area is 109 Å². The van der Waals surface area contributed by atoms with Gasteiger partial charge in [-0.1, -0.05) is 30.3 Å². The van der Waals surface area contributed by atoms with E-state index in [2.05, 4.69) is 4.98 Å². The van der Waals surface area contributed by atoms with Gasteiger partial charge in [0, 0.05) is 0 Å². The Morgan fingerprint density at radius 3 is 2.47 bits per heavy atom. The molecule has 1 heterocycles. The minimum absolute atomic E-state index is 0.0637. The SMILES string of the molecule is NS(=O)(=O)c1ncc(C(=O)O)n1Cc1ccccc1. The average Bonchev–Trinajstić information content (AvgIpc) is 2.74. The quantitative estimate of drug-likeness (QED) is 0.835. The Bertz CT molecular complexity index is 707. The van der Waals surface area contributed by atoms with Gasteiger partial charge in [0.25, 0.3) is 10.0 Å². The summed E-state index contributed by atoms with van der Waals surface area (Å²) >= 11 is 0. The lowest BCUT2D eigenvalue weighted by molar-refractivity contribution is 0.0684. The maximum absolute atomic E-state index is 11.4. The smallest absolute Gasteiger partial charge is 0.354 e. The first-order valence-electron chi connectivity index (χ1n) is 5.25. The van der Waals surface area contributed by atoms with Crippen LogP contribution in [0.3, 0.4) is 0 Å². The van der Waals surface area contributed by atoms with E-state index in [1.165, 1.54) is 0 Å². The number of carboxylic acid groups (broad SMARTS) is 1. The van der Waals surface area contributed by atoms with Gasteiger partial charge in [0.2, 0.25) is 5.16 Å². The first kappa shape index (κ1) is 13.2. The highest BCUT2D eigenvalue weighted by atomic mass is 32.2. The molecule has 0 unspecified atom stereocenters. The van der Waals surface area contributed by atoms with Crippen molar-refractivity contribution in [3.8, 4) is 0 Å². The van der Waals surface area contributed by atoms with E-state index >= 15 is 0 Å². The summed E-state index contributed by atoms with van der Waals surface area (Å²) in [5.74, 6) is -1.27. The van der Waals surface area contributed by atoms with Crippen molar-refractivity contribution in [2.24, 2.45) is 5.14 Å². The standard InChI is InChI=1S/C11H11N3O4S/c12-19(17,18)11-13-6-9(10(15)16)14(11)7-8-4-2-1-3-5-8/h1-6H,7H2,(H,15,16)(H2,12,17,18). The molecule has 7 nitrogen and oxygen atoms in total. The maximum atomic E-state index is 11.4. The van der Waals surface area contributed by atoms with Crippen molar-refractivity contribution in [1.29, 1.82) is 0 Å². The molecule has 1 aromatic carbocycles. The molecule has 0 bridgehead atoms. The van der Waals surface area contributed by atoms with Crippen LogP contribution in [0.25, 0.3) is 0 Å². The molecule has 0 saturated carbocycles. The lowest BCUT2D eigenvalue weighted by Crippen LogP contribution is -2.21. The second kappa shape index (κ2) is 4.82. The van der Waals surface area contributed by atoms with Crippen LogP contribution in [0.15, 0.2) is 41.7 Å². The second-order valence-corrected chi connectivity index (χ2v) is 5.30. The number of hydrogen-bond acceptors (Lipinski definition) is 4. The van der Waals surface area contributed by atoms with Gasteiger partial charge in [0.1, 0.15) is 5.69 Å². The third-order valence-corrected chi connectivity index (χ3v) is 3.31. The molecule has 0 aliphatic heterocycles. The summed E-state index contributed by atoms with van der Waals surface area (Å²) in [6, 6.07) is 8.83. The van der Waals surface area contributed by atoms with Crippen molar-refractivity contribution in [2.45, 2.75) is 11.7 Å². The number of aromatic nitrogens is 2. The van der Waals surface area contributed by atoms with Crippen molar-refractivity contribution in [1.82, 2.24) is 9.55 Å². The van der Waals surface area contributed by atoms with E-state index in [9.17, 15) is 13.2 Å². The zero-order chi connectivity index (χ0) is 14.0. The van der Waals surface area contributed by atoms with Gasteiger partial charge < -0.3 is 9.67 Å². The van der Waals surface area contributed by atoms with Crippen LogP contribution in [-0.2, 0) is 16.6 Å². The van der Waals surface area contributed by atoms with Gasteiger partial charge in [-0.15, -0.1) is 0 Å². The Morgan fingerprint density at radius 1 is 1.32 bits per heavy atom. The van der Waals surface area contributed by atoms with Crippen molar-refractivity contribution in [3.05, 3.63) is 47.8 Å². The Kier molecular flexibility index (Phi) is 3.36. The fourth-order valence-corrected chi connectivity index (χ4v) is 2.35. The van der Waals surface area contributed by atoms with Crippen LogP contribution in [0, 0.1) is 0 Å². The number of carbonyl (C=O) groups is 1. The number of sulfonamides is 1. The summed E-state index contributed by atoms with van der Waals surface area (Å²) in [5.41, 5.74) is 0.515. The molecule has 19 heavy (non-hydrogen) atoms. The number of nitrogens with zero attached hydrogens (tertiary/aromatic N) is 2. The molecule has 0 aliphatic carbocycles. The zero-order valence-corrected chi connectivity index (χ0v) is 10.5. The molecule has 2 aromatic rings. The zero-order valence-electron chi connectivity index (χ0n) is 9.72. The Morgan fingerprint density at radius 2 is 1.95 bits per heavy atom. The van der Waals surface area contributed by atoms with Crippen LogP contribution in [0.2, 0.25) is 0 Å². The van der Waals surface area contributed by atoms with Crippen LogP contribution in [0.1, 0.15) is 16.1 Å². The van der Waals surface area contributed by atoms with Crippen LogP contribution in [-0.4, -0.2) is 29.0 Å². The van der Waals surface area contributed by atoms with E-state index < -0.39 is 21.1 Å². The molecule has 0 saturated heterocycles. The van der Waals surface area contributed by atoms with E-state index in [4.69, 9.17) is 10.2 Å². The number of nitrogens with two attached hydrogens (primary N) is 1. The number of aromatic carboxylic acids is 1. The predicted molar refractivity (Wildman–Crippen MR) is 66.1 cm³/mol. The largest absolute Gasteiger partial charge is 0.477 e. The summed E-state index contributed by atoms with van der Waals surface area (Å²) in [5, 5.41) is 13.6. The molecule has 0 aliphatic rings. The number of primary sulfonamides is 1. The van der Waals surface area contributed by atoms with Crippen LogP contribution in [0.5, 0.6) is 0 Å². The van der Waals surface area contributed by atoms with E-state index in [-0.39, 0.29) is 12.2 Å². The van der Waals surface area contributed by atoms with Crippen molar-refractivity contribution in [2.75, 3.05) is 0 Å². The van der Waals surface area contributed by atoms with Gasteiger partial charge in [0.05, 0.1) is 12.7 Å². The lowest BCUT2D eigenvalue weighted by atomic mass is 10.2. The molecule has 0 radical (unpaired) electrons. The summed E-state index contributed by atoms with van der Waals surface area (Å²) < 4.78 is 23.8. The van der Waals surface area contributed by atoms with E-state index in [0.29, 0.717) is 0 Å². The number of hydrogen-bond donors (Lipinski definition) is 2. The second-order valence-electron chi connectivity index (χ2n) is 3.85. The molecule has 0 atom stereocenters. The average molecular weight is 281 g/mol. The molecule has 100 valence electrons. The van der Waals surface area contributed by atoms with E-state index in [1.54, 1.807) is 30.3 Å². The number of rotatable bonds is 4. The van der Waals surface area contributed by atoms with Crippen LogP contribution >= 0.6 is 0 Å². The highest BCUT2D eigenvalue weighted by Crippen LogP contribution is 2.13. The molecule has 0 spiro atoms. The number of imidazole rings is 1. The molecule has 0 amide bonds. The molecular weight excluding hydrogens is 270 g/mol. The van der Waals surface area contributed by atoms with Gasteiger partial charge in [-0.05, 0) is 5.56 Å². The minimum Gasteiger partial charge on any atom is -0.477 e. The summed E-state index contributed by atoms with van der Waals surface area (Å²) in [6.45, 7) is 0.0637. The topological polar surface area (TPSA) is 115 Å². The van der Waals surface area contributed by atoms with Crippen molar-refractivity contribution >= 4 is 16.0 Å². The number of benzene rings is 1. The van der Waals surface area contributed by atoms with Gasteiger partial charge in [0.15, 0.2) is 0 Å². The Balaban J connectivity index is 2.53. The minimum atomic E-state index is -4.08. The fourth-order valence-electron chi connectivity index (χ4n) is 1.68. The first-order chi connectivity index (χ1) is 8.89. The monoisotopic (exact) mass is 281 g/mol. The highest BCUT2D eigenvalue weighted by molar-refractivity contribution is 7.89. The van der Waals surface area contributed by atoms with Gasteiger partial charge in [-0.2, -0.15) is 0 Å². The van der Waals surface area contributed by atoms with Gasteiger partial charge in [-0.25, -0.2) is 23.3 Å². The van der Waals surface area contributed by atoms with E-state index in [1.807, 2.05) is 0 Å². The first-order valence-corrected chi connectivity index (χ1v) is 6.80. The molecule has 2 rings (SSSR count). The van der Waals surface area contributed by atoms with Crippen molar-refractivity contribution < 1.29 is 18.3 Å². The maximum Gasteiger partial charge on any atom is 0.354 e. The normalized spacial score (nSPS) is 11.4. The molecule has 3 N–H and O–H groups in total. The van der Waals surface area contributed by atoms with Crippen LogP contribution < -0.4 is 5.14 Å². The number of carboxylic acids is 1. The fraction of sp³-hybridized carbons (Fsp3) is 0.0909.